The summed E-state index contributed by atoms with van der Waals surface area (Å²) in [5.41, 5.74) is 2.20. The monoisotopic (exact) mass is 329 g/mol. The van der Waals surface area contributed by atoms with E-state index >= 15 is 0 Å². The number of hydrogen-bond donors (Lipinski definition) is 2. The van der Waals surface area contributed by atoms with Crippen molar-refractivity contribution < 1.29 is 4.74 Å². The highest BCUT2D eigenvalue weighted by Gasteiger charge is 2.13. The fourth-order valence-corrected chi connectivity index (χ4v) is 2.51. The first kappa shape index (κ1) is 17.2. The van der Waals surface area contributed by atoms with Gasteiger partial charge in [0, 0.05) is 12.2 Å². The molecule has 0 saturated heterocycles. The first-order chi connectivity index (χ1) is 11.1. The molecule has 2 aromatic rings. The van der Waals surface area contributed by atoms with Crippen molar-refractivity contribution in [1.82, 2.24) is 10.2 Å². The average molecular weight is 329 g/mol. The van der Waals surface area contributed by atoms with Gasteiger partial charge in [0.1, 0.15) is 5.75 Å². The second kappa shape index (κ2) is 8.50. The van der Waals surface area contributed by atoms with Crippen LogP contribution < -0.4 is 15.4 Å². The van der Waals surface area contributed by atoms with Crippen LogP contribution in [-0.2, 0) is 0 Å². The predicted molar refractivity (Wildman–Crippen MR) is 100 cm³/mol. The third-order valence-electron chi connectivity index (χ3n) is 3.61. The Hall–Kier alpha value is -2.11. The summed E-state index contributed by atoms with van der Waals surface area (Å²) in [5, 5.41) is 7.08. The molecule has 0 aliphatic rings. The second-order valence-corrected chi connectivity index (χ2v) is 5.86. The molecule has 2 aromatic carbocycles. The molecular formula is C18H23N3OS. The number of ether oxygens (including phenoxy) is 1. The van der Waals surface area contributed by atoms with E-state index in [-0.39, 0.29) is 6.04 Å². The van der Waals surface area contributed by atoms with Crippen LogP contribution >= 0.6 is 12.2 Å². The molecule has 0 spiro atoms. The van der Waals surface area contributed by atoms with Gasteiger partial charge in [-0.25, -0.2) is 0 Å². The number of methoxy groups -OCH3 is 1. The van der Waals surface area contributed by atoms with Crippen molar-refractivity contribution in [2.75, 3.05) is 33.1 Å². The minimum absolute atomic E-state index is 0.256. The van der Waals surface area contributed by atoms with Crippen molar-refractivity contribution in [3.05, 3.63) is 60.2 Å². The van der Waals surface area contributed by atoms with Crippen LogP contribution in [0.4, 0.5) is 5.69 Å². The van der Waals surface area contributed by atoms with Crippen molar-refractivity contribution in [3.63, 3.8) is 0 Å². The molecule has 0 fully saturated rings. The summed E-state index contributed by atoms with van der Waals surface area (Å²) in [5.74, 6) is 0.825. The maximum atomic E-state index is 5.38. The minimum Gasteiger partial charge on any atom is -0.497 e. The Morgan fingerprint density at radius 3 is 2.30 bits per heavy atom. The van der Waals surface area contributed by atoms with Gasteiger partial charge >= 0.3 is 0 Å². The van der Waals surface area contributed by atoms with Crippen LogP contribution in [0.25, 0.3) is 0 Å². The first-order valence-corrected chi connectivity index (χ1v) is 7.91. The van der Waals surface area contributed by atoms with Gasteiger partial charge in [0.15, 0.2) is 5.11 Å². The summed E-state index contributed by atoms with van der Waals surface area (Å²) < 4.78 is 5.15. The Labute approximate surface area is 143 Å². The molecule has 0 amide bonds. The molecule has 0 saturated carbocycles. The number of nitrogens with one attached hydrogen (secondary N) is 2. The fourth-order valence-electron chi connectivity index (χ4n) is 2.31. The van der Waals surface area contributed by atoms with E-state index in [1.165, 1.54) is 5.56 Å². The highest BCUT2D eigenvalue weighted by molar-refractivity contribution is 7.80. The van der Waals surface area contributed by atoms with E-state index in [0.29, 0.717) is 5.11 Å². The molecule has 4 nitrogen and oxygen atoms in total. The van der Waals surface area contributed by atoms with Crippen LogP contribution in [0.3, 0.4) is 0 Å². The van der Waals surface area contributed by atoms with Crippen molar-refractivity contribution in [2.45, 2.75) is 6.04 Å². The van der Waals surface area contributed by atoms with Crippen LogP contribution in [0.2, 0.25) is 0 Å². The molecule has 2 N–H and O–H groups in total. The highest BCUT2D eigenvalue weighted by Crippen LogP contribution is 2.17. The zero-order chi connectivity index (χ0) is 16.7. The van der Waals surface area contributed by atoms with Crippen molar-refractivity contribution in [3.8, 4) is 5.75 Å². The molecule has 122 valence electrons. The third kappa shape index (κ3) is 5.23. The zero-order valence-corrected chi connectivity index (χ0v) is 14.6. The van der Waals surface area contributed by atoms with Crippen LogP contribution in [0.1, 0.15) is 11.6 Å². The van der Waals surface area contributed by atoms with Crippen molar-refractivity contribution in [1.29, 1.82) is 0 Å². The molecule has 0 heterocycles. The Balaban J connectivity index is 1.91. The summed E-state index contributed by atoms with van der Waals surface area (Å²) in [6.45, 7) is 0.735. The summed E-state index contributed by atoms with van der Waals surface area (Å²) in [4.78, 5) is 2.18. The van der Waals surface area contributed by atoms with E-state index in [1.54, 1.807) is 7.11 Å². The Morgan fingerprint density at radius 2 is 1.74 bits per heavy atom. The highest BCUT2D eigenvalue weighted by atomic mass is 32.1. The van der Waals surface area contributed by atoms with Gasteiger partial charge < -0.3 is 20.3 Å². The van der Waals surface area contributed by atoms with Gasteiger partial charge in [0.2, 0.25) is 0 Å². The maximum absolute atomic E-state index is 5.38. The van der Waals surface area contributed by atoms with E-state index in [9.17, 15) is 0 Å². The number of anilines is 1. The molecular weight excluding hydrogens is 306 g/mol. The lowest BCUT2D eigenvalue weighted by Crippen LogP contribution is -2.36. The third-order valence-corrected chi connectivity index (χ3v) is 3.86. The quantitative estimate of drug-likeness (QED) is 0.796. The Bertz CT molecular complexity index is 614. The molecule has 2 rings (SSSR count). The summed E-state index contributed by atoms with van der Waals surface area (Å²) in [6.07, 6.45) is 0. The normalized spacial score (nSPS) is 11.8. The van der Waals surface area contributed by atoms with Gasteiger partial charge in [0.05, 0.1) is 13.2 Å². The topological polar surface area (TPSA) is 36.5 Å². The van der Waals surface area contributed by atoms with Gasteiger partial charge in [-0.3, -0.25) is 0 Å². The minimum atomic E-state index is 0.256. The fraction of sp³-hybridized carbons (Fsp3) is 0.278. The number of rotatable bonds is 6. The van der Waals surface area contributed by atoms with E-state index < -0.39 is 0 Å². The first-order valence-electron chi connectivity index (χ1n) is 7.50. The average Bonchev–Trinajstić information content (AvgIpc) is 2.56. The molecule has 0 aromatic heterocycles. The number of likely N-dealkylation sites (N-methyl/N-ethyl adjacent to an activating group) is 1. The molecule has 0 radical (unpaired) electrons. The van der Waals surface area contributed by atoms with Crippen LogP contribution in [0.15, 0.2) is 54.6 Å². The second-order valence-electron chi connectivity index (χ2n) is 5.45. The van der Waals surface area contributed by atoms with Crippen LogP contribution in [0.5, 0.6) is 5.75 Å². The number of nitrogens with zero attached hydrogens (tertiary/aromatic N) is 1. The number of hydrogen-bond acceptors (Lipinski definition) is 3. The molecule has 5 heteroatoms. The Kier molecular flexibility index (Phi) is 6.38. The molecule has 0 bridgehead atoms. The number of benzene rings is 2. The Morgan fingerprint density at radius 1 is 1.09 bits per heavy atom. The van der Waals surface area contributed by atoms with Gasteiger partial charge in [0.25, 0.3) is 0 Å². The lowest BCUT2D eigenvalue weighted by Gasteiger charge is -2.25. The van der Waals surface area contributed by atoms with Crippen molar-refractivity contribution in [2.24, 2.45) is 0 Å². The number of thiocarbonyl (C=S) groups is 1. The summed E-state index contributed by atoms with van der Waals surface area (Å²) in [6, 6.07) is 18.3. The molecule has 0 aliphatic heterocycles. The lowest BCUT2D eigenvalue weighted by molar-refractivity contribution is 0.299. The van der Waals surface area contributed by atoms with Gasteiger partial charge in [-0.15, -0.1) is 0 Å². The molecule has 0 unspecified atom stereocenters. The maximum Gasteiger partial charge on any atom is 0.170 e. The summed E-state index contributed by atoms with van der Waals surface area (Å²) in [7, 11) is 5.79. The van der Waals surface area contributed by atoms with E-state index in [2.05, 4.69) is 53.9 Å². The SMILES string of the molecule is COc1ccc(NC(=S)NC[C@@H](c2ccccc2)N(C)C)cc1. The van der Waals surface area contributed by atoms with Gasteiger partial charge in [-0.2, -0.15) is 0 Å². The predicted octanol–water partition coefficient (Wildman–Crippen LogP) is 3.28. The molecule has 23 heavy (non-hydrogen) atoms. The zero-order valence-electron chi connectivity index (χ0n) is 13.7. The van der Waals surface area contributed by atoms with Crippen LogP contribution in [0, 0.1) is 0 Å². The summed E-state index contributed by atoms with van der Waals surface area (Å²) >= 11 is 5.38. The van der Waals surface area contributed by atoms with Crippen LogP contribution in [-0.4, -0.2) is 37.8 Å². The lowest BCUT2D eigenvalue weighted by atomic mass is 10.1. The smallest absolute Gasteiger partial charge is 0.170 e. The molecule has 0 aliphatic carbocycles. The van der Waals surface area contributed by atoms with Gasteiger partial charge in [-0.1, -0.05) is 30.3 Å². The molecule has 1 atom stereocenters. The van der Waals surface area contributed by atoms with Gasteiger partial charge in [-0.05, 0) is 56.1 Å². The van der Waals surface area contributed by atoms with Crippen molar-refractivity contribution >= 4 is 23.0 Å². The standard InChI is InChI=1S/C18H23N3OS/c1-21(2)17(14-7-5-4-6-8-14)13-19-18(23)20-15-9-11-16(22-3)12-10-15/h4-12,17H,13H2,1-3H3,(H2,19,20,23)/t17-/m0/s1. The van der Waals surface area contributed by atoms with E-state index in [0.717, 1.165) is 18.0 Å². The largest absolute Gasteiger partial charge is 0.497 e. The van der Waals surface area contributed by atoms with E-state index in [1.807, 2.05) is 30.3 Å². The van der Waals surface area contributed by atoms with E-state index in [4.69, 9.17) is 17.0 Å².